The standard InChI is InChI=1S/C24H12Cl4N2O2/c25-19-6-4-13(9-21(19)27)17(11-29)23(31)15-2-1-3-16(8-15)24(32)18(12-30)14-5-7-20(26)22(28)10-14/h1-10,17-18H. The number of ketones is 2. The molecular weight excluding hydrogens is 490 g/mol. The second-order valence-electron chi connectivity index (χ2n) is 6.78. The monoisotopic (exact) mass is 500 g/mol. The first-order chi connectivity index (χ1) is 15.3. The third-order valence-electron chi connectivity index (χ3n) is 4.77. The molecule has 4 nitrogen and oxygen atoms in total. The Kier molecular flexibility index (Phi) is 7.56. The zero-order valence-corrected chi connectivity index (χ0v) is 19.2. The number of Topliss-reactive ketones (excluding diaryl/α,β-unsaturated/α-hetero) is 2. The Morgan fingerprint density at radius 2 is 1.03 bits per heavy atom. The van der Waals surface area contributed by atoms with Gasteiger partial charge in [0.05, 0.1) is 32.2 Å². The molecule has 0 fully saturated rings. The molecule has 0 amide bonds. The van der Waals surface area contributed by atoms with Crippen molar-refractivity contribution in [3.05, 3.63) is 103 Å². The van der Waals surface area contributed by atoms with Crippen molar-refractivity contribution in [2.45, 2.75) is 11.8 Å². The highest BCUT2D eigenvalue weighted by molar-refractivity contribution is 6.42. The van der Waals surface area contributed by atoms with Gasteiger partial charge in [-0.15, -0.1) is 0 Å². The number of rotatable bonds is 6. The Balaban J connectivity index is 1.94. The van der Waals surface area contributed by atoms with Crippen molar-refractivity contribution in [1.82, 2.24) is 0 Å². The van der Waals surface area contributed by atoms with Gasteiger partial charge in [0.1, 0.15) is 11.8 Å². The van der Waals surface area contributed by atoms with Crippen LogP contribution < -0.4 is 0 Å². The molecule has 0 saturated carbocycles. The van der Waals surface area contributed by atoms with Crippen molar-refractivity contribution in [2.75, 3.05) is 0 Å². The molecular formula is C24H12Cl4N2O2. The molecule has 0 spiro atoms. The SMILES string of the molecule is N#CC(C(=O)c1cccc(C(=O)C(C#N)c2ccc(Cl)c(Cl)c2)c1)c1ccc(Cl)c(Cl)c1. The van der Waals surface area contributed by atoms with E-state index in [0.29, 0.717) is 21.2 Å². The van der Waals surface area contributed by atoms with Gasteiger partial charge in [0, 0.05) is 11.1 Å². The Hall–Kier alpha value is -2.86. The van der Waals surface area contributed by atoms with Gasteiger partial charge < -0.3 is 0 Å². The molecule has 3 aromatic carbocycles. The molecule has 2 atom stereocenters. The van der Waals surface area contributed by atoms with Gasteiger partial charge in [-0.3, -0.25) is 9.59 Å². The van der Waals surface area contributed by atoms with E-state index in [2.05, 4.69) is 0 Å². The fourth-order valence-electron chi connectivity index (χ4n) is 3.11. The average Bonchev–Trinajstić information content (AvgIpc) is 2.79. The Morgan fingerprint density at radius 3 is 1.38 bits per heavy atom. The molecule has 0 aliphatic rings. The average molecular weight is 502 g/mol. The number of carbonyl (C=O) groups excluding carboxylic acids is 2. The van der Waals surface area contributed by atoms with Crippen molar-refractivity contribution < 1.29 is 9.59 Å². The van der Waals surface area contributed by atoms with Crippen molar-refractivity contribution in [2.24, 2.45) is 0 Å². The molecule has 0 aromatic heterocycles. The van der Waals surface area contributed by atoms with E-state index in [0.717, 1.165) is 0 Å². The second-order valence-corrected chi connectivity index (χ2v) is 8.41. The van der Waals surface area contributed by atoms with Gasteiger partial charge in [0.25, 0.3) is 0 Å². The Morgan fingerprint density at radius 1 is 0.625 bits per heavy atom. The largest absolute Gasteiger partial charge is 0.292 e. The fourth-order valence-corrected chi connectivity index (χ4v) is 3.73. The molecule has 0 aliphatic heterocycles. The van der Waals surface area contributed by atoms with Crippen molar-refractivity contribution >= 4 is 58.0 Å². The summed E-state index contributed by atoms with van der Waals surface area (Å²) >= 11 is 23.9. The number of nitrogens with zero attached hydrogens (tertiary/aromatic N) is 2. The number of hydrogen-bond donors (Lipinski definition) is 0. The van der Waals surface area contributed by atoms with E-state index in [4.69, 9.17) is 46.4 Å². The quantitative estimate of drug-likeness (QED) is 0.332. The van der Waals surface area contributed by atoms with Crippen molar-refractivity contribution in [1.29, 1.82) is 10.5 Å². The highest BCUT2D eigenvalue weighted by Gasteiger charge is 2.26. The lowest BCUT2D eigenvalue weighted by molar-refractivity contribution is 0.0978. The van der Waals surface area contributed by atoms with Crippen LogP contribution in [0.2, 0.25) is 20.1 Å². The molecule has 8 heteroatoms. The molecule has 0 N–H and O–H groups in total. The summed E-state index contributed by atoms with van der Waals surface area (Å²) in [6.07, 6.45) is 0. The summed E-state index contributed by atoms with van der Waals surface area (Å²) in [7, 11) is 0. The number of benzene rings is 3. The van der Waals surface area contributed by atoms with Gasteiger partial charge in [-0.1, -0.05) is 76.7 Å². The number of carbonyl (C=O) groups is 2. The highest BCUT2D eigenvalue weighted by Crippen LogP contribution is 2.30. The minimum absolute atomic E-state index is 0.152. The predicted octanol–water partition coefficient (Wildman–Crippen LogP) is 7.28. The summed E-state index contributed by atoms with van der Waals surface area (Å²) in [6.45, 7) is 0. The molecule has 0 radical (unpaired) electrons. The molecule has 32 heavy (non-hydrogen) atoms. The topological polar surface area (TPSA) is 81.7 Å². The molecule has 0 bridgehead atoms. The van der Waals surface area contributed by atoms with Gasteiger partial charge >= 0.3 is 0 Å². The van der Waals surface area contributed by atoms with E-state index in [9.17, 15) is 20.1 Å². The van der Waals surface area contributed by atoms with Crippen LogP contribution in [0.25, 0.3) is 0 Å². The van der Waals surface area contributed by atoms with Crippen LogP contribution in [0, 0.1) is 22.7 Å². The zero-order chi connectivity index (χ0) is 23.4. The highest BCUT2D eigenvalue weighted by atomic mass is 35.5. The first kappa shape index (κ1) is 23.8. The van der Waals surface area contributed by atoms with Crippen LogP contribution in [-0.4, -0.2) is 11.6 Å². The van der Waals surface area contributed by atoms with Gasteiger partial charge in [-0.05, 0) is 41.5 Å². The maximum absolute atomic E-state index is 13.0. The first-order valence-electron chi connectivity index (χ1n) is 9.14. The summed E-state index contributed by atoms with van der Waals surface area (Å²) in [6, 6.07) is 18.9. The predicted molar refractivity (Wildman–Crippen MR) is 125 cm³/mol. The number of nitriles is 2. The second kappa shape index (κ2) is 10.2. The summed E-state index contributed by atoms with van der Waals surface area (Å²) in [5, 5.41) is 20.2. The van der Waals surface area contributed by atoms with Gasteiger partial charge in [-0.25, -0.2) is 0 Å². The zero-order valence-electron chi connectivity index (χ0n) is 16.2. The maximum atomic E-state index is 13.0. The van der Waals surface area contributed by atoms with Crippen molar-refractivity contribution in [3.8, 4) is 12.1 Å². The van der Waals surface area contributed by atoms with Crippen LogP contribution in [0.1, 0.15) is 43.7 Å². The summed E-state index contributed by atoms with van der Waals surface area (Å²) in [5.74, 6) is -3.30. The van der Waals surface area contributed by atoms with E-state index in [1.807, 2.05) is 12.1 Å². The van der Waals surface area contributed by atoms with E-state index < -0.39 is 23.4 Å². The maximum Gasteiger partial charge on any atom is 0.184 e. The first-order valence-corrected chi connectivity index (χ1v) is 10.7. The molecule has 3 rings (SSSR count). The summed E-state index contributed by atoms with van der Waals surface area (Å²) in [4.78, 5) is 26.1. The molecule has 3 aromatic rings. The van der Waals surface area contributed by atoms with Gasteiger partial charge in [-0.2, -0.15) is 10.5 Å². The van der Waals surface area contributed by atoms with Gasteiger partial charge in [0.2, 0.25) is 0 Å². The number of halogens is 4. The minimum Gasteiger partial charge on any atom is -0.292 e. The van der Waals surface area contributed by atoms with Crippen LogP contribution in [0.5, 0.6) is 0 Å². The molecule has 0 heterocycles. The van der Waals surface area contributed by atoms with Gasteiger partial charge in [0.15, 0.2) is 11.6 Å². The lowest BCUT2D eigenvalue weighted by Crippen LogP contribution is -2.15. The fraction of sp³-hybridized carbons (Fsp3) is 0.0833. The third kappa shape index (κ3) is 4.96. The Labute approximate surface area is 204 Å². The molecule has 0 aliphatic carbocycles. The molecule has 0 saturated heterocycles. The van der Waals surface area contributed by atoms with E-state index in [-0.39, 0.29) is 21.2 Å². The van der Waals surface area contributed by atoms with E-state index >= 15 is 0 Å². The summed E-state index contributed by atoms with van der Waals surface area (Å²) in [5.41, 5.74) is 1.07. The van der Waals surface area contributed by atoms with Crippen LogP contribution in [-0.2, 0) is 0 Å². The lowest BCUT2D eigenvalue weighted by atomic mass is 9.88. The summed E-state index contributed by atoms with van der Waals surface area (Å²) < 4.78 is 0. The van der Waals surface area contributed by atoms with Crippen LogP contribution >= 0.6 is 46.4 Å². The number of hydrogen-bond acceptors (Lipinski definition) is 4. The smallest absolute Gasteiger partial charge is 0.184 e. The normalized spacial score (nSPS) is 12.3. The van der Waals surface area contributed by atoms with Crippen molar-refractivity contribution in [3.63, 3.8) is 0 Å². The van der Waals surface area contributed by atoms with E-state index in [1.54, 1.807) is 12.1 Å². The molecule has 158 valence electrons. The van der Waals surface area contributed by atoms with E-state index in [1.165, 1.54) is 48.5 Å². The lowest BCUT2D eigenvalue weighted by Gasteiger charge is -2.12. The van der Waals surface area contributed by atoms with Crippen LogP contribution in [0.15, 0.2) is 60.7 Å². The van der Waals surface area contributed by atoms with Crippen LogP contribution in [0.3, 0.4) is 0 Å². The Bertz CT molecular complexity index is 1210. The van der Waals surface area contributed by atoms with Crippen LogP contribution in [0.4, 0.5) is 0 Å². The third-order valence-corrected chi connectivity index (χ3v) is 6.25. The minimum atomic E-state index is -1.14. The molecule has 2 unspecified atom stereocenters.